The molecule has 1 aliphatic heterocycles. The molecule has 1 aliphatic rings. The van der Waals surface area contributed by atoms with Crippen molar-refractivity contribution in [3.63, 3.8) is 0 Å². The minimum atomic E-state index is -0.119. The standard InChI is InChI=1S/C19H26Cl2N4O2/c1-13(2)25-19(26)18(21)16(22(25)3)12-23-7-9-24(10-8-23)15-11-14(20)5-6-17(15)27-4/h5-6,11,13H,7-10,12H2,1-4H3. The van der Waals surface area contributed by atoms with E-state index >= 15 is 0 Å². The van der Waals surface area contributed by atoms with Gasteiger partial charge in [-0.1, -0.05) is 23.2 Å². The van der Waals surface area contributed by atoms with Crippen molar-refractivity contribution in [2.45, 2.75) is 26.4 Å². The Hall–Kier alpha value is -1.63. The van der Waals surface area contributed by atoms with Crippen LogP contribution in [0.25, 0.3) is 0 Å². The summed E-state index contributed by atoms with van der Waals surface area (Å²) in [5.74, 6) is 0.826. The summed E-state index contributed by atoms with van der Waals surface area (Å²) in [4.78, 5) is 17.0. The van der Waals surface area contributed by atoms with Crippen LogP contribution in [0, 0.1) is 0 Å². The molecule has 0 amide bonds. The van der Waals surface area contributed by atoms with Gasteiger partial charge in [0, 0.05) is 50.8 Å². The largest absolute Gasteiger partial charge is 0.495 e. The summed E-state index contributed by atoms with van der Waals surface area (Å²) in [6, 6.07) is 5.75. The molecule has 8 heteroatoms. The number of hydrogen-bond donors (Lipinski definition) is 0. The lowest BCUT2D eigenvalue weighted by atomic mass is 10.2. The second-order valence-corrected chi connectivity index (χ2v) is 7.92. The van der Waals surface area contributed by atoms with Crippen LogP contribution in [-0.2, 0) is 13.6 Å². The van der Waals surface area contributed by atoms with Crippen molar-refractivity contribution in [1.82, 2.24) is 14.3 Å². The second-order valence-electron chi connectivity index (χ2n) is 7.11. The molecule has 1 aromatic carbocycles. The maximum Gasteiger partial charge on any atom is 0.286 e. The molecule has 0 N–H and O–H groups in total. The topological polar surface area (TPSA) is 42.6 Å². The zero-order chi connectivity index (χ0) is 19.7. The van der Waals surface area contributed by atoms with Gasteiger partial charge in [0.1, 0.15) is 10.8 Å². The summed E-state index contributed by atoms with van der Waals surface area (Å²) in [7, 11) is 3.57. The van der Waals surface area contributed by atoms with Crippen molar-refractivity contribution in [2.75, 3.05) is 38.2 Å². The van der Waals surface area contributed by atoms with Crippen molar-refractivity contribution < 1.29 is 4.74 Å². The molecule has 6 nitrogen and oxygen atoms in total. The number of aromatic nitrogens is 2. The molecule has 1 aromatic heterocycles. The van der Waals surface area contributed by atoms with E-state index in [4.69, 9.17) is 27.9 Å². The van der Waals surface area contributed by atoms with Crippen LogP contribution in [0.4, 0.5) is 5.69 Å². The number of nitrogens with zero attached hydrogens (tertiary/aromatic N) is 4. The number of benzene rings is 1. The van der Waals surface area contributed by atoms with Crippen LogP contribution in [0.1, 0.15) is 25.6 Å². The van der Waals surface area contributed by atoms with Crippen LogP contribution >= 0.6 is 23.2 Å². The summed E-state index contributed by atoms with van der Waals surface area (Å²) in [6.07, 6.45) is 0. The highest BCUT2D eigenvalue weighted by atomic mass is 35.5. The van der Waals surface area contributed by atoms with E-state index in [9.17, 15) is 4.79 Å². The van der Waals surface area contributed by atoms with Gasteiger partial charge in [0.05, 0.1) is 18.5 Å². The third-order valence-corrected chi connectivity index (χ3v) is 5.69. The van der Waals surface area contributed by atoms with Crippen molar-refractivity contribution in [3.05, 3.63) is 44.3 Å². The van der Waals surface area contributed by atoms with Crippen molar-refractivity contribution in [2.24, 2.45) is 7.05 Å². The van der Waals surface area contributed by atoms with E-state index in [0.29, 0.717) is 16.6 Å². The number of hydrogen-bond acceptors (Lipinski definition) is 4. The number of piperazine rings is 1. The van der Waals surface area contributed by atoms with Gasteiger partial charge >= 0.3 is 0 Å². The minimum absolute atomic E-state index is 0.0703. The van der Waals surface area contributed by atoms with Gasteiger partial charge in [-0.3, -0.25) is 14.4 Å². The van der Waals surface area contributed by atoms with Gasteiger partial charge in [0.15, 0.2) is 0 Å². The zero-order valence-electron chi connectivity index (χ0n) is 16.2. The highest BCUT2D eigenvalue weighted by Gasteiger charge is 2.24. The SMILES string of the molecule is COc1ccc(Cl)cc1N1CCN(Cc2c(Cl)c(=O)n(C(C)C)n2C)CC1. The van der Waals surface area contributed by atoms with E-state index in [-0.39, 0.29) is 11.6 Å². The fourth-order valence-electron chi connectivity index (χ4n) is 3.65. The molecule has 27 heavy (non-hydrogen) atoms. The summed E-state index contributed by atoms with van der Waals surface area (Å²) < 4.78 is 9.06. The van der Waals surface area contributed by atoms with Gasteiger partial charge in [-0.25, -0.2) is 4.68 Å². The molecule has 3 rings (SSSR count). The van der Waals surface area contributed by atoms with Crippen molar-refractivity contribution >= 4 is 28.9 Å². The highest BCUT2D eigenvalue weighted by molar-refractivity contribution is 6.31. The number of halogens is 2. The van der Waals surface area contributed by atoms with E-state index in [0.717, 1.165) is 43.3 Å². The zero-order valence-corrected chi connectivity index (χ0v) is 17.7. The van der Waals surface area contributed by atoms with E-state index in [2.05, 4.69) is 9.80 Å². The van der Waals surface area contributed by atoms with Gasteiger partial charge in [0.25, 0.3) is 5.56 Å². The lowest BCUT2D eigenvalue weighted by Gasteiger charge is -2.36. The van der Waals surface area contributed by atoms with Gasteiger partial charge < -0.3 is 9.64 Å². The summed E-state index contributed by atoms with van der Waals surface area (Å²) in [6.45, 7) is 8.07. The molecule has 0 radical (unpaired) electrons. The monoisotopic (exact) mass is 412 g/mol. The summed E-state index contributed by atoms with van der Waals surface area (Å²) in [5, 5.41) is 1.02. The van der Waals surface area contributed by atoms with Gasteiger partial charge in [-0.05, 0) is 32.0 Å². The number of anilines is 1. The predicted molar refractivity (Wildman–Crippen MR) is 111 cm³/mol. The Morgan fingerprint density at radius 3 is 2.37 bits per heavy atom. The second kappa shape index (κ2) is 8.17. The Morgan fingerprint density at radius 2 is 1.81 bits per heavy atom. The Labute approximate surface area is 169 Å². The minimum Gasteiger partial charge on any atom is -0.495 e. The number of ether oxygens (including phenoxy) is 1. The third-order valence-electron chi connectivity index (χ3n) is 5.08. The Balaban J connectivity index is 1.72. The molecule has 1 fully saturated rings. The first-order chi connectivity index (χ1) is 12.8. The average molecular weight is 413 g/mol. The fourth-order valence-corrected chi connectivity index (χ4v) is 4.09. The van der Waals surface area contributed by atoms with Crippen LogP contribution in [0.5, 0.6) is 5.75 Å². The Morgan fingerprint density at radius 1 is 1.15 bits per heavy atom. The normalized spacial score (nSPS) is 15.6. The summed E-state index contributed by atoms with van der Waals surface area (Å²) >= 11 is 12.5. The lowest BCUT2D eigenvalue weighted by molar-refractivity contribution is 0.240. The first-order valence-electron chi connectivity index (χ1n) is 9.10. The van der Waals surface area contributed by atoms with Gasteiger partial charge in [0.2, 0.25) is 0 Å². The lowest BCUT2D eigenvalue weighted by Crippen LogP contribution is -2.46. The first-order valence-corrected chi connectivity index (χ1v) is 9.85. The van der Waals surface area contributed by atoms with Gasteiger partial charge in [-0.2, -0.15) is 0 Å². The van der Waals surface area contributed by atoms with Crippen LogP contribution in [-0.4, -0.2) is 47.6 Å². The van der Waals surface area contributed by atoms with E-state index < -0.39 is 0 Å². The average Bonchev–Trinajstić information content (AvgIpc) is 2.85. The highest BCUT2D eigenvalue weighted by Crippen LogP contribution is 2.32. The molecule has 0 bridgehead atoms. The Bertz CT molecular complexity index is 867. The van der Waals surface area contributed by atoms with Gasteiger partial charge in [-0.15, -0.1) is 0 Å². The number of methoxy groups -OCH3 is 1. The molecular weight excluding hydrogens is 387 g/mol. The quantitative estimate of drug-likeness (QED) is 0.754. The molecule has 0 spiro atoms. The van der Waals surface area contributed by atoms with Crippen LogP contribution in [0.2, 0.25) is 10.0 Å². The summed E-state index contributed by atoms with van der Waals surface area (Å²) in [5.41, 5.74) is 1.76. The smallest absolute Gasteiger partial charge is 0.286 e. The first kappa shape index (κ1) is 20.1. The molecule has 2 heterocycles. The van der Waals surface area contributed by atoms with Crippen LogP contribution < -0.4 is 15.2 Å². The fraction of sp³-hybridized carbons (Fsp3) is 0.526. The number of rotatable bonds is 5. The van der Waals surface area contributed by atoms with Crippen molar-refractivity contribution in [1.29, 1.82) is 0 Å². The predicted octanol–water partition coefficient (Wildman–Crippen LogP) is 3.41. The van der Waals surface area contributed by atoms with E-state index in [1.165, 1.54) is 0 Å². The molecule has 2 aromatic rings. The molecule has 0 unspecified atom stereocenters. The van der Waals surface area contributed by atoms with Crippen LogP contribution in [0.3, 0.4) is 0 Å². The third kappa shape index (κ3) is 3.98. The molecular formula is C19H26Cl2N4O2. The molecule has 0 aliphatic carbocycles. The molecule has 148 valence electrons. The van der Waals surface area contributed by atoms with Crippen molar-refractivity contribution in [3.8, 4) is 5.75 Å². The molecule has 1 saturated heterocycles. The van der Waals surface area contributed by atoms with Crippen LogP contribution in [0.15, 0.2) is 23.0 Å². The molecule has 0 saturated carbocycles. The van der Waals surface area contributed by atoms with E-state index in [1.54, 1.807) is 11.8 Å². The maximum atomic E-state index is 12.4. The molecule has 0 atom stereocenters. The Kier molecular flexibility index (Phi) is 6.08. The van der Waals surface area contributed by atoms with E-state index in [1.807, 2.05) is 43.8 Å². The maximum absolute atomic E-state index is 12.4.